The molecular formula is C16H20N2O5S2. The molecule has 7 nitrogen and oxygen atoms in total. The first-order chi connectivity index (χ1) is 12.0. The summed E-state index contributed by atoms with van der Waals surface area (Å²) in [5.74, 6) is 0.357. The molecule has 1 saturated heterocycles. The van der Waals surface area contributed by atoms with Crippen LogP contribution >= 0.6 is 21.6 Å². The average molecular weight is 384 g/mol. The number of benzene rings is 1. The van der Waals surface area contributed by atoms with E-state index in [0.29, 0.717) is 17.4 Å². The lowest BCUT2D eigenvalue weighted by atomic mass is 10.1. The molecule has 1 aliphatic heterocycles. The van der Waals surface area contributed by atoms with E-state index in [1.165, 1.54) is 36.4 Å². The number of non-ortho nitro benzene ring substituents is 1. The second-order valence-corrected chi connectivity index (χ2v) is 8.38. The van der Waals surface area contributed by atoms with Crippen LogP contribution in [-0.2, 0) is 14.3 Å². The van der Waals surface area contributed by atoms with Crippen molar-refractivity contribution in [3.63, 3.8) is 0 Å². The molecule has 0 bridgehead atoms. The van der Waals surface area contributed by atoms with Crippen LogP contribution in [0.2, 0.25) is 0 Å². The minimum absolute atomic E-state index is 0.0565. The second kappa shape index (κ2) is 10.3. The van der Waals surface area contributed by atoms with Crippen LogP contribution in [-0.4, -0.2) is 34.4 Å². The number of hydrogen-bond acceptors (Lipinski definition) is 7. The Morgan fingerprint density at radius 1 is 1.28 bits per heavy atom. The van der Waals surface area contributed by atoms with Crippen LogP contribution < -0.4 is 5.32 Å². The van der Waals surface area contributed by atoms with Crippen molar-refractivity contribution >= 4 is 44.8 Å². The molecule has 0 aromatic heterocycles. The number of nitrogens with zero attached hydrogens (tertiary/aromatic N) is 1. The van der Waals surface area contributed by atoms with Crippen molar-refractivity contribution in [1.82, 2.24) is 0 Å². The summed E-state index contributed by atoms with van der Waals surface area (Å²) in [4.78, 5) is 33.4. The number of hydrogen-bond donors (Lipinski definition) is 1. The van der Waals surface area contributed by atoms with Crippen molar-refractivity contribution in [3.8, 4) is 0 Å². The first-order valence-electron chi connectivity index (χ1n) is 8.03. The minimum Gasteiger partial charge on any atom is -0.456 e. The van der Waals surface area contributed by atoms with Gasteiger partial charge in [0.15, 0.2) is 6.61 Å². The molecule has 136 valence electrons. The molecule has 1 heterocycles. The number of nitro benzene ring substituents is 1. The summed E-state index contributed by atoms with van der Waals surface area (Å²) in [5, 5.41) is 13.8. The molecule has 25 heavy (non-hydrogen) atoms. The van der Waals surface area contributed by atoms with E-state index in [4.69, 9.17) is 4.74 Å². The smallest absolute Gasteiger partial charge is 0.306 e. The maximum atomic E-state index is 11.7. The first kappa shape index (κ1) is 19.6. The van der Waals surface area contributed by atoms with E-state index < -0.39 is 10.8 Å². The van der Waals surface area contributed by atoms with Gasteiger partial charge in [-0.25, -0.2) is 0 Å². The molecule has 1 aromatic rings. The van der Waals surface area contributed by atoms with Gasteiger partial charge in [0.1, 0.15) is 0 Å². The van der Waals surface area contributed by atoms with Gasteiger partial charge in [0.05, 0.1) is 4.92 Å². The molecule has 1 atom stereocenters. The summed E-state index contributed by atoms with van der Waals surface area (Å²) in [6.45, 7) is -0.356. The van der Waals surface area contributed by atoms with Crippen LogP contribution in [0.4, 0.5) is 11.4 Å². The monoisotopic (exact) mass is 384 g/mol. The molecule has 0 spiro atoms. The van der Waals surface area contributed by atoms with E-state index in [2.05, 4.69) is 5.32 Å². The Morgan fingerprint density at radius 3 is 2.68 bits per heavy atom. The van der Waals surface area contributed by atoms with Crippen LogP contribution in [0, 0.1) is 10.1 Å². The zero-order valence-corrected chi connectivity index (χ0v) is 15.3. The Morgan fingerprint density at radius 2 is 2.04 bits per heavy atom. The summed E-state index contributed by atoms with van der Waals surface area (Å²) >= 11 is 0. The van der Waals surface area contributed by atoms with E-state index in [-0.39, 0.29) is 18.3 Å². The number of rotatable bonds is 9. The maximum Gasteiger partial charge on any atom is 0.306 e. The highest BCUT2D eigenvalue weighted by Gasteiger charge is 2.16. The van der Waals surface area contributed by atoms with Gasteiger partial charge in [0.2, 0.25) is 0 Å². The number of ether oxygens (including phenoxy) is 1. The minimum atomic E-state index is -0.516. The van der Waals surface area contributed by atoms with E-state index in [9.17, 15) is 19.7 Å². The number of anilines is 1. The molecule has 1 N–H and O–H groups in total. The van der Waals surface area contributed by atoms with E-state index in [0.717, 1.165) is 19.3 Å². The Balaban J connectivity index is 1.58. The topological polar surface area (TPSA) is 98.5 Å². The summed E-state index contributed by atoms with van der Waals surface area (Å²) in [6.07, 6.45) is 4.43. The molecular weight excluding hydrogens is 364 g/mol. The zero-order valence-electron chi connectivity index (χ0n) is 13.6. The fourth-order valence-corrected chi connectivity index (χ4v) is 5.32. The Hall–Kier alpha value is -1.74. The molecule has 1 aliphatic rings. The summed E-state index contributed by atoms with van der Waals surface area (Å²) in [6, 6.07) is 5.44. The molecule has 0 unspecified atom stereocenters. The van der Waals surface area contributed by atoms with Gasteiger partial charge in [-0.15, -0.1) is 0 Å². The molecule has 9 heteroatoms. The van der Waals surface area contributed by atoms with Crippen LogP contribution in [0.15, 0.2) is 24.3 Å². The van der Waals surface area contributed by atoms with Gasteiger partial charge in [-0.2, -0.15) is 0 Å². The number of nitro groups is 1. The molecule has 0 aliphatic carbocycles. The van der Waals surface area contributed by atoms with Gasteiger partial charge >= 0.3 is 5.97 Å². The van der Waals surface area contributed by atoms with Gasteiger partial charge in [0.25, 0.3) is 11.6 Å². The number of esters is 1. The third-order valence-corrected chi connectivity index (χ3v) is 6.62. The van der Waals surface area contributed by atoms with E-state index in [1.54, 1.807) is 0 Å². The van der Waals surface area contributed by atoms with Crippen LogP contribution in [0.5, 0.6) is 0 Å². The summed E-state index contributed by atoms with van der Waals surface area (Å²) in [7, 11) is 3.84. The highest BCUT2D eigenvalue weighted by atomic mass is 33.1. The predicted molar refractivity (Wildman–Crippen MR) is 99.6 cm³/mol. The zero-order chi connectivity index (χ0) is 18.1. The lowest BCUT2D eigenvalue weighted by Crippen LogP contribution is -2.20. The summed E-state index contributed by atoms with van der Waals surface area (Å²) < 4.78 is 4.94. The summed E-state index contributed by atoms with van der Waals surface area (Å²) in [5.41, 5.74) is 0.359. The number of amides is 1. The van der Waals surface area contributed by atoms with Crippen molar-refractivity contribution in [3.05, 3.63) is 34.4 Å². The van der Waals surface area contributed by atoms with E-state index in [1.807, 2.05) is 21.6 Å². The van der Waals surface area contributed by atoms with Crippen LogP contribution in [0.1, 0.15) is 32.1 Å². The van der Waals surface area contributed by atoms with Crippen LogP contribution in [0.3, 0.4) is 0 Å². The highest BCUT2D eigenvalue weighted by Crippen LogP contribution is 2.39. The van der Waals surface area contributed by atoms with Crippen molar-refractivity contribution < 1.29 is 19.2 Å². The largest absolute Gasteiger partial charge is 0.456 e. The number of carbonyl (C=O) groups excluding carboxylic acids is 2. The lowest BCUT2D eigenvalue weighted by molar-refractivity contribution is -0.384. The Bertz CT molecular complexity index is 603. The standard InChI is InChI=1S/C16H20N2O5S2/c19-15(17-12-5-7-13(8-6-12)18(21)22)11-23-16(20)4-2-1-3-14-9-10-24-25-14/h5-8,14H,1-4,9-11H2,(H,17,19)/t14-/m1/s1. The Labute approximate surface area is 153 Å². The van der Waals surface area contributed by atoms with Crippen molar-refractivity contribution in [1.29, 1.82) is 0 Å². The fourth-order valence-electron chi connectivity index (χ4n) is 2.29. The maximum absolute atomic E-state index is 11.7. The third kappa shape index (κ3) is 7.35. The third-order valence-electron chi connectivity index (χ3n) is 3.61. The van der Waals surface area contributed by atoms with Gasteiger partial charge in [-0.3, -0.25) is 19.7 Å². The Kier molecular flexibility index (Phi) is 8.07. The lowest BCUT2D eigenvalue weighted by Gasteiger charge is -2.08. The van der Waals surface area contributed by atoms with Gasteiger partial charge < -0.3 is 10.1 Å². The molecule has 0 radical (unpaired) electrons. The van der Waals surface area contributed by atoms with Gasteiger partial charge in [-0.1, -0.05) is 28.0 Å². The quantitative estimate of drug-likeness (QED) is 0.227. The van der Waals surface area contributed by atoms with Gasteiger partial charge in [-0.05, 0) is 31.4 Å². The van der Waals surface area contributed by atoms with Crippen LogP contribution in [0.25, 0.3) is 0 Å². The van der Waals surface area contributed by atoms with Crippen molar-refractivity contribution in [2.45, 2.75) is 37.4 Å². The molecule has 1 fully saturated rings. The SMILES string of the molecule is O=C(COC(=O)CCCC[C@@H]1CCSS1)Nc1ccc([N+](=O)[O-])cc1. The number of unbranched alkanes of at least 4 members (excludes halogenated alkanes) is 1. The second-order valence-electron chi connectivity index (χ2n) is 5.59. The first-order valence-corrected chi connectivity index (χ1v) is 10.4. The normalized spacial score (nSPS) is 16.4. The van der Waals surface area contributed by atoms with E-state index >= 15 is 0 Å². The van der Waals surface area contributed by atoms with Crippen molar-refractivity contribution in [2.24, 2.45) is 0 Å². The molecule has 1 aromatic carbocycles. The average Bonchev–Trinajstić information content (AvgIpc) is 3.11. The molecule has 2 rings (SSSR count). The fraction of sp³-hybridized carbons (Fsp3) is 0.500. The highest BCUT2D eigenvalue weighted by molar-refractivity contribution is 8.77. The van der Waals surface area contributed by atoms with Gasteiger partial charge in [0, 0.05) is 35.2 Å². The molecule has 0 saturated carbocycles. The predicted octanol–water partition coefficient (Wildman–Crippen LogP) is 3.79. The number of carbonyl (C=O) groups is 2. The van der Waals surface area contributed by atoms with Crippen molar-refractivity contribution in [2.75, 3.05) is 17.7 Å². The molecule has 1 amide bonds. The number of nitrogens with one attached hydrogen (secondary N) is 1.